The first-order valence-corrected chi connectivity index (χ1v) is 10.2. The van der Waals surface area contributed by atoms with Gasteiger partial charge in [0, 0.05) is 31.7 Å². The van der Waals surface area contributed by atoms with Crippen molar-refractivity contribution in [3.8, 4) is 11.5 Å². The number of morpholine rings is 1. The number of nitrogens with zero attached hydrogens (tertiary/aromatic N) is 1. The highest BCUT2D eigenvalue weighted by molar-refractivity contribution is 5.94. The molecule has 1 heterocycles. The molecule has 3 rings (SSSR count). The van der Waals surface area contributed by atoms with Crippen molar-refractivity contribution in [2.75, 3.05) is 20.2 Å². The highest BCUT2D eigenvalue weighted by atomic mass is 19.3. The summed E-state index contributed by atoms with van der Waals surface area (Å²) in [5, 5.41) is 2.80. The largest absolute Gasteiger partial charge is 0.493 e. The van der Waals surface area contributed by atoms with Crippen LogP contribution >= 0.6 is 0 Å². The van der Waals surface area contributed by atoms with Gasteiger partial charge in [0.15, 0.2) is 11.5 Å². The number of halogens is 2. The van der Waals surface area contributed by atoms with Crippen LogP contribution in [0, 0.1) is 0 Å². The molecule has 1 aliphatic heterocycles. The number of methoxy groups -OCH3 is 1. The van der Waals surface area contributed by atoms with Gasteiger partial charge in [0.2, 0.25) is 0 Å². The van der Waals surface area contributed by atoms with E-state index in [2.05, 4.69) is 28.8 Å². The third-order valence-electron chi connectivity index (χ3n) is 5.01. The van der Waals surface area contributed by atoms with Crippen LogP contribution in [0.1, 0.15) is 35.3 Å². The van der Waals surface area contributed by atoms with Gasteiger partial charge in [0.1, 0.15) is 0 Å². The van der Waals surface area contributed by atoms with Gasteiger partial charge >= 0.3 is 6.61 Å². The molecule has 6 nitrogen and oxygen atoms in total. The average Bonchev–Trinajstić information content (AvgIpc) is 2.71. The number of carbonyl (C=O) groups excluding carboxylic acids is 1. The van der Waals surface area contributed by atoms with Gasteiger partial charge in [0.25, 0.3) is 5.91 Å². The van der Waals surface area contributed by atoms with Crippen molar-refractivity contribution < 1.29 is 27.8 Å². The van der Waals surface area contributed by atoms with Crippen molar-refractivity contribution in [3.63, 3.8) is 0 Å². The molecule has 1 amide bonds. The Kier molecular flexibility index (Phi) is 7.81. The Morgan fingerprint density at radius 3 is 2.35 bits per heavy atom. The lowest BCUT2D eigenvalue weighted by Gasteiger charge is -2.35. The molecular formula is C23H28F2N2O4. The maximum absolute atomic E-state index is 12.6. The minimum Gasteiger partial charge on any atom is -0.493 e. The molecule has 1 fully saturated rings. The maximum Gasteiger partial charge on any atom is 0.387 e. The number of amides is 1. The van der Waals surface area contributed by atoms with E-state index in [1.807, 2.05) is 12.1 Å². The number of hydrogen-bond acceptors (Lipinski definition) is 5. The summed E-state index contributed by atoms with van der Waals surface area (Å²) < 4.78 is 40.4. The molecule has 1 saturated heterocycles. The van der Waals surface area contributed by atoms with Crippen LogP contribution in [0.15, 0.2) is 42.5 Å². The summed E-state index contributed by atoms with van der Waals surface area (Å²) in [4.78, 5) is 14.8. The Morgan fingerprint density at radius 2 is 1.74 bits per heavy atom. The third-order valence-corrected chi connectivity index (χ3v) is 5.01. The lowest BCUT2D eigenvalue weighted by atomic mass is 10.1. The molecule has 0 saturated carbocycles. The Labute approximate surface area is 181 Å². The van der Waals surface area contributed by atoms with Gasteiger partial charge < -0.3 is 19.5 Å². The molecule has 2 aromatic carbocycles. The molecule has 8 heteroatoms. The molecule has 0 radical (unpaired) electrons. The Morgan fingerprint density at radius 1 is 1.10 bits per heavy atom. The van der Waals surface area contributed by atoms with Crippen LogP contribution in [-0.4, -0.2) is 49.8 Å². The maximum atomic E-state index is 12.6. The van der Waals surface area contributed by atoms with E-state index in [0.29, 0.717) is 11.1 Å². The second-order valence-corrected chi connectivity index (χ2v) is 7.69. The van der Waals surface area contributed by atoms with Crippen LogP contribution in [0.4, 0.5) is 8.78 Å². The third kappa shape index (κ3) is 6.63. The molecule has 0 aromatic heterocycles. The molecule has 0 aliphatic carbocycles. The lowest BCUT2D eigenvalue weighted by Crippen LogP contribution is -2.44. The van der Waals surface area contributed by atoms with E-state index < -0.39 is 6.61 Å². The Bertz CT molecular complexity index is 866. The van der Waals surface area contributed by atoms with Gasteiger partial charge in [-0.2, -0.15) is 8.78 Å². The topological polar surface area (TPSA) is 60.0 Å². The fourth-order valence-electron chi connectivity index (χ4n) is 3.74. The van der Waals surface area contributed by atoms with Crippen molar-refractivity contribution in [3.05, 3.63) is 59.2 Å². The quantitative estimate of drug-likeness (QED) is 0.684. The number of alkyl halides is 2. The minimum absolute atomic E-state index is 0.0691. The number of rotatable bonds is 8. The smallest absolute Gasteiger partial charge is 0.387 e. The molecule has 1 N–H and O–H groups in total. The summed E-state index contributed by atoms with van der Waals surface area (Å²) in [5.74, 6) is -0.109. The van der Waals surface area contributed by atoms with Gasteiger partial charge in [-0.05, 0) is 49.2 Å². The molecule has 0 spiro atoms. The minimum atomic E-state index is -2.96. The summed E-state index contributed by atoms with van der Waals surface area (Å²) in [5.41, 5.74) is 2.28. The summed E-state index contributed by atoms with van der Waals surface area (Å²) >= 11 is 0. The highest BCUT2D eigenvalue weighted by Gasteiger charge is 2.22. The lowest BCUT2D eigenvalue weighted by molar-refractivity contribution is -0.0704. The predicted octanol–water partition coefficient (Wildman–Crippen LogP) is 3.84. The number of ether oxygens (including phenoxy) is 3. The Hall–Kier alpha value is -2.71. The number of hydrogen-bond donors (Lipinski definition) is 1. The Balaban J connectivity index is 1.56. The summed E-state index contributed by atoms with van der Waals surface area (Å²) in [6.07, 6.45) is 0.414. The van der Waals surface area contributed by atoms with E-state index >= 15 is 0 Å². The molecule has 2 aromatic rings. The molecule has 31 heavy (non-hydrogen) atoms. The van der Waals surface area contributed by atoms with Crippen LogP contribution < -0.4 is 14.8 Å². The number of carbonyl (C=O) groups is 1. The molecular weight excluding hydrogens is 406 g/mol. The zero-order chi connectivity index (χ0) is 22.4. The van der Waals surface area contributed by atoms with Gasteiger partial charge in [-0.1, -0.05) is 18.2 Å². The van der Waals surface area contributed by atoms with Gasteiger partial charge in [-0.25, -0.2) is 0 Å². The van der Waals surface area contributed by atoms with E-state index in [1.54, 1.807) is 18.2 Å². The molecule has 2 atom stereocenters. The first-order chi connectivity index (χ1) is 14.8. The van der Waals surface area contributed by atoms with Crippen LogP contribution in [0.5, 0.6) is 11.5 Å². The van der Waals surface area contributed by atoms with E-state index in [0.717, 1.165) is 25.2 Å². The molecule has 168 valence electrons. The first-order valence-electron chi connectivity index (χ1n) is 10.2. The number of benzene rings is 2. The fraction of sp³-hybridized carbons (Fsp3) is 0.435. The zero-order valence-corrected chi connectivity index (χ0v) is 17.9. The standard InChI is InChI=1S/C23H28F2N2O4/c1-15-12-27(13-16(2)30-15)14-17-4-7-19(8-5-17)22(28)26-11-18-6-9-20(29-3)21(10-18)31-23(24)25/h4-10,15-16,23H,11-14H2,1-3H3,(H,26,28). The first kappa shape index (κ1) is 23.0. The van der Waals surface area contributed by atoms with E-state index in [9.17, 15) is 13.6 Å². The van der Waals surface area contributed by atoms with E-state index in [4.69, 9.17) is 9.47 Å². The van der Waals surface area contributed by atoms with Crippen molar-refractivity contribution in [1.29, 1.82) is 0 Å². The monoisotopic (exact) mass is 434 g/mol. The molecule has 0 bridgehead atoms. The van der Waals surface area contributed by atoms with Crippen molar-refractivity contribution in [1.82, 2.24) is 10.2 Å². The van der Waals surface area contributed by atoms with Crippen LogP contribution in [-0.2, 0) is 17.8 Å². The second-order valence-electron chi connectivity index (χ2n) is 7.69. The van der Waals surface area contributed by atoms with E-state index in [1.165, 1.54) is 19.2 Å². The second kappa shape index (κ2) is 10.5. The van der Waals surface area contributed by atoms with Crippen LogP contribution in [0.2, 0.25) is 0 Å². The molecule has 1 aliphatic rings. The predicted molar refractivity (Wildman–Crippen MR) is 113 cm³/mol. The van der Waals surface area contributed by atoms with Crippen molar-refractivity contribution in [2.24, 2.45) is 0 Å². The van der Waals surface area contributed by atoms with Crippen LogP contribution in [0.3, 0.4) is 0 Å². The van der Waals surface area contributed by atoms with Crippen molar-refractivity contribution >= 4 is 5.91 Å². The van der Waals surface area contributed by atoms with E-state index in [-0.39, 0.29) is 36.2 Å². The highest BCUT2D eigenvalue weighted by Crippen LogP contribution is 2.29. The fourth-order valence-corrected chi connectivity index (χ4v) is 3.74. The SMILES string of the molecule is COc1ccc(CNC(=O)c2ccc(CN3CC(C)OC(C)C3)cc2)cc1OC(F)F. The van der Waals surface area contributed by atoms with Gasteiger partial charge in [-0.15, -0.1) is 0 Å². The average molecular weight is 434 g/mol. The summed E-state index contributed by atoms with van der Waals surface area (Å²) in [6.45, 7) is 3.92. The van der Waals surface area contributed by atoms with Crippen molar-refractivity contribution in [2.45, 2.75) is 45.8 Å². The zero-order valence-electron chi connectivity index (χ0n) is 17.9. The van der Waals surface area contributed by atoms with Gasteiger partial charge in [-0.3, -0.25) is 9.69 Å². The van der Waals surface area contributed by atoms with Gasteiger partial charge in [0.05, 0.1) is 19.3 Å². The summed E-state index contributed by atoms with van der Waals surface area (Å²) in [7, 11) is 1.37. The van der Waals surface area contributed by atoms with Crippen LogP contribution in [0.25, 0.3) is 0 Å². The normalized spacial score (nSPS) is 19.3. The molecule has 2 unspecified atom stereocenters. The number of nitrogens with one attached hydrogen (secondary N) is 1. The summed E-state index contributed by atoms with van der Waals surface area (Å²) in [6, 6.07) is 12.1.